The maximum atomic E-state index is 11.5. The van der Waals surface area contributed by atoms with Crippen molar-refractivity contribution in [2.75, 3.05) is 0 Å². The minimum absolute atomic E-state index is 0.139. The van der Waals surface area contributed by atoms with Crippen molar-refractivity contribution in [2.45, 2.75) is 26.9 Å². The van der Waals surface area contributed by atoms with Crippen molar-refractivity contribution in [3.05, 3.63) is 28.6 Å². The van der Waals surface area contributed by atoms with Crippen LogP contribution in [0, 0.1) is 0 Å². The Morgan fingerprint density at radius 3 is 2.65 bits per heavy atom. The van der Waals surface area contributed by atoms with Gasteiger partial charge < -0.3 is 19.0 Å². The predicted molar refractivity (Wildman–Crippen MR) is 71.2 cm³/mol. The van der Waals surface area contributed by atoms with E-state index < -0.39 is 17.3 Å². The third kappa shape index (κ3) is 2.59. The second kappa shape index (κ2) is 5.24. The largest absolute Gasteiger partial charge is 0.499 e. The van der Waals surface area contributed by atoms with Crippen molar-refractivity contribution in [3.63, 3.8) is 0 Å². The molecular formula is C14H14O6. The maximum Gasteiger partial charge on any atom is 0.382 e. The molecule has 0 saturated carbocycles. The molecule has 0 amide bonds. The van der Waals surface area contributed by atoms with Gasteiger partial charge in [0.05, 0.1) is 6.10 Å². The van der Waals surface area contributed by atoms with Crippen LogP contribution in [0.1, 0.15) is 20.8 Å². The average molecular weight is 278 g/mol. The highest BCUT2D eigenvalue weighted by Crippen LogP contribution is 2.38. The number of carbonyl (C=O) groups excluding carboxylic acids is 1. The van der Waals surface area contributed by atoms with Crippen LogP contribution in [0.4, 0.5) is 0 Å². The van der Waals surface area contributed by atoms with Crippen molar-refractivity contribution in [1.82, 2.24) is 0 Å². The van der Waals surface area contributed by atoms with E-state index in [-0.39, 0.29) is 22.8 Å². The quantitative estimate of drug-likeness (QED) is 0.684. The van der Waals surface area contributed by atoms with E-state index >= 15 is 0 Å². The van der Waals surface area contributed by atoms with Crippen LogP contribution in [-0.4, -0.2) is 17.2 Å². The summed E-state index contributed by atoms with van der Waals surface area (Å²) >= 11 is 0. The fourth-order valence-corrected chi connectivity index (χ4v) is 1.77. The summed E-state index contributed by atoms with van der Waals surface area (Å²) in [6.07, 6.45) is -0.139. The summed E-state index contributed by atoms with van der Waals surface area (Å²) < 4.78 is 15.5. The van der Waals surface area contributed by atoms with Crippen LogP contribution in [0.15, 0.2) is 27.4 Å². The maximum absolute atomic E-state index is 11.5. The summed E-state index contributed by atoms with van der Waals surface area (Å²) in [4.78, 5) is 22.7. The lowest BCUT2D eigenvalue weighted by atomic mass is 10.2. The summed E-state index contributed by atoms with van der Waals surface area (Å²) in [7, 11) is 0. The first-order chi connectivity index (χ1) is 9.40. The van der Waals surface area contributed by atoms with Crippen LogP contribution in [0.5, 0.6) is 17.2 Å². The van der Waals surface area contributed by atoms with E-state index in [0.717, 1.165) is 0 Å². The van der Waals surface area contributed by atoms with Crippen LogP contribution in [0.25, 0.3) is 11.0 Å². The number of rotatable bonds is 3. The smallest absolute Gasteiger partial charge is 0.382 e. The molecule has 0 unspecified atom stereocenters. The molecule has 1 aromatic carbocycles. The van der Waals surface area contributed by atoms with Gasteiger partial charge in [0.25, 0.3) is 0 Å². The number of hydrogen-bond donors (Lipinski definition) is 1. The normalized spacial score (nSPS) is 10.8. The van der Waals surface area contributed by atoms with E-state index in [1.807, 2.05) is 13.8 Å². The summed E-state index contributed by atoms with van der Waals surface area (Å²) in [5, 5.41) is 10.0. The lowest BCUT2D eigenvalue weighted by molar-refractivity contribution is -0.131. The second-order valence-electron chi connectivity index (χ2n) is 4.46. The highest BCUT2D eigenvalue weighted by atomic mass is 16.5. The molecule has 1 heterocycles. The lowest BCUT2D eigenvalue weighted by Crippen LogP contribution is -2.10. The van der Waals surface area contributed by atoms with E-state index in [9.17, 15) is 14.7 Å². The van der Waals surface area contributed by atoms with Crippen LogP contribution in [0.3, 0.4) is 0 Å². The zero-order valence-corrected chi connectivity index (χ0v) is 11.3. The molecule has 106 valence electrons. The number of benzene rings is 1. The minimum Gasteiger partial charge on any atom is -0.499 e. The first kappa shape index (κ1) is 13.9. The van der Waals surface area contributed by atoms with Gasteiger partial charge in [-0.3, -0.25) is 4.79 Å². The fraction of sp³-hybridized carbons (Fsp3) is 0.286. The Kier molecular flexibility index (Phi) is 3.65. The molecule has 6 nitrogen and oxygen atoms in total. The fourth-order valence-electron chi connectivity index (χ4n) is 1.77. The van der Waals surface area contributed by atoms with Gasteiger partial charge in [0.15, 0.2) is 5.75 Å². The van der Waals surface area contributed by atoms with Crippen molar-refractivity contribution in [3.8, 4) is 17.2 Å². The van der Waals surface area contributed by atoms with E-state index in [4.69, 9.17) is 13.9 Å². The first-order valence-electron chi connectivity index (χ1n) is 6.04. The molecule has 6 heteroatoms. The van der Waals surface area contributed by atoms with Crippen molar-refractivity contribution >= 4 is 16.9 Å². The summed E-state index contributed by atoms with van der Waals surface area (Å²) in [6.45, 7) is 4.82. The van der Waals surface area contributed by atoms with Gasteiger partial charge in [0, 0.05) is 6.92 Å². The van der Waals surface area contributed by atoms with Crippen LogP contribution < -0.4 is 15.1 Å². The number of esters is 1. The second-order valence-corrected chi connectivity index (χ2v) is 4.46. The Bertz CT molecular complexity index is 713. The molecule has 1 aromatic heterocycles. The lowest BCUT2D eigenvalue weighted by Gasteiger charge is -2.14. The standard InChI is InChI=1S/C14H14O6/c1-7(2)18-9-5-4-6-10-11(9)13(19-8(3)15)12(16)14(17)20-10/h4-7,16H,1-3H3. The molecular weight excluding hydrogens is 264 g/mol. The van der Waals surface area contributed by atoms with Crippen molar-refractivity contribution < 1.29 is 23.8 Å². The molecule has 0 aliphatic heterocycles. The molecule has 1 N–H and O–H groups in total. The summed E-state index contributed by atoms with van der Waals surface area (Å²) in [6, 6.07) is 4.79. The van der Waals surface area contributed by atoms with Crippen LogP contribution in [0.2, 0.25) is 0 Å². The monoisotopic (exact) mass is 278 g/mol. The van der Waals surface area contributed by atoms with Crippen molar-refractivity contribution in [2.24, 2.45) is 0 Å². The Labute approximate surface area is 114 Å². The molecule has 0 saturated heterocycles. The Morgan fingerprint density at radius 1 is 1.35 bits per heavy atom. The Morgan fingerprint density at radius 2 is 2.05 bits per heavy atom. The van der Waals surface area contributed by atoms with E-state index in [2.05, 4.69) is 0 Å². The minimum atomic E-state index is -0.976. The molecule has 0 bridgehead atoms. The highest BCUT2D eigenvalue weighted by Gasteiger charge is 2.20. The van der Waals surface area contributed by atoms with Crippen molar-refractivity contribution in [1.29, 1.82) is 0 Å². The van der Waals surface area contributed by atoms with Gasteiger partial charge in [-0.05, 0) is 26.0 Å². The first-order valence-corrected chi connectivity index (χ1v) is 6.04. The SMILES string of the molecule is CC(=O)Oc1c(O)c(=O)oc2cccc(OC(C)C)c12. The summed E-state index contributed by atoms with van der Waals surface area (Å²) in [5.74, 6) is -1.31. The molecule has 20 heavy (non-hydrogen) atoms. The third-order valence-electron chi connectivity index (χ3n) is 2.43. The average Bonchev–Trinajstić information content (AvgIpc) is 2.33. The van der Waals surface area contributed by atoms with Gasteiger partial charge in [0.1, 0.15) is 16.7 Å². The van der Waals surface area contributed by atoms with Gasteiger partial charge >= 0.3 is 11.6 Å². The zero-order chi connectivity index (χ0) is 14.9. The van der Waals surface area contributed by atoms with Gasteiger partial charge in [-0.1, -0.05) is 6.07 Å². The number of ether oxygens (including phenoxy) is 2. The van der Waals surface area contributed by atoms with Gasteiger partial charge in [0.2, 0.25) is 5.75 Å². The van der Waals surface area contributed by atoms with Crippen LogP contribution in [-0.2, 0) is 4.79 Å². The molecule has 2 rings (SSSR count). The van der Waals surface area contributed by atoms with Gasteiger partial charge in [-0.2, -0.15) is 0 Å². The molecule has 0 aliphatic carbocycles. The number of carbonyl (C=O) groups is 1. The molecule has 0 aliphatic rings. The molecule has 0 spiro atoms. The van der Waals surface area contributed by atoms with E-state index in [1.165, 1.54) is 13.0 Å². The molecule has 2 aromatic rings. The highest BCUT2D eigenvalue weighted by molar-refractivity contribution is 5.93. The zero-order valence-electron chi connectivity index (χ0n) is 11.3. The molecule has 0 atom stereocenters. The molecule has 0 fully saturated rings. The topological polar surface area (TPSA) is 86.0 Å². The number of fused-ring (bicyclic) bond motifs is 1. The van der Waals surface area contributed by atoms with Crippen LogP contribution >= 0.6 is 0 Å². The Balaban J connectivity index is 2.80. The number of hydrogen-bond acceptors (Lipinski definition) is 6. The van der Waals surface area contributed by atoms with Gasteiger partial charge in [-0.15, -0.1) is 0 Å². The van der Waals surface area contributed by atoms with Gasteiger partial charge in [-0.25, -0.2) is 4.79 Å². The third-order valence-corrected chi connectivity index (χ3v) is 2.43. The predicted octanol–water partition coefficient (Wildman–Crippen LogP) is 2.21. The van der Waals surface area contributed by atoms with E-state index in [0.29, 0.717) is 5.75 Å². The molecule has 0 radical (unpaired) electrons. The van der Waals surface area contributed by atoms with E-state index in [1.54, 1.807) is 12.1 Å². The summed E-state index contributed by atoms with van der Waals surface area (Å²) in [5.41, 5.74) is -0.808. The Hall–Kier alpha value is -2.50. The number of aromatic hydroxyl groups is 1.